The third kappa shape index (κ3) is 3.91. The van der Waals surface area contributed by atoms with Gasteiger partial charge >= 0.3 is 0 Å². The van der Waals surface area contributed by atoms with Crippen LogP contribution in [-0.4, -0.2) is 22.3 Å². The third-order valence-electron chi connectivity index (χ3n) is 5.52. The van der Waals surface area contributed by atoms with Gasteiger partial charge in [0.1, 0.15) is 0 Å². The minimum Gasteiger partial charge on any atom is -0.313 e. The summed E-state index contributed by atoms with van der Waals surface area (Å²) in [5.74, 6) is 0.112. The van der Waals surface area contributed by atoms with E-state index in [2.05, 4.69) is 70.1 Å². The van der Waals surface area contributed by atoms with Gasteiger partial charge in [-0.3, -0.25) is 9.52 Å². The average Bonchev–Trinajstić information content (AvgIpc) is 2.70. The normalized spacial score (nSPS) is 18.6. The Labute approximate surface area is 170 Å². The number of hydrogen-bond acceptors (Lipinski definition) is 4. The highest BCUT2D eigenvalue weighted by atomic mass is 32.2. The second kappa shape index (κ2) is 8.33. The minimum atomic E-state index is -0.00237. The molecule has 144 valence electrons. The summed E-state index contributed by atoms with van der Waals surface area (Å²) < 4.78 is 3.51. The van der Waals surface area contributed by atoms with E-state index in [9.17, 15) is 4.79 Å². The van der Waals surface area contributed by atoms with Crippen LogP contribution in [0.4, 0.5) is 0 Å². The molecule has 1 heterocycles. The van der Waals surface area contributed by atoms with E-state index in [0.717, 1.165) is 30.5 Å². The topological polar surface area (TPSA) is 57.8 Å². The van der Waals surface area contributed by atoms with Gasteiger partial charge in [0, 0.05) is 17.5 Å². The highest BCUT2D eigenvalue weighted by Crippen LogP contribution is 2.33. The Morgan fingerprint density at radius 2 is 1.96 bits per heavy atom. The van der Waals surface area contributed by atoms with E-state index in [-0.39, 0.29) is 17.5 Å². The number of aromatic amines is 1. The Kier molecular flexibility index (Phi) is 5.64. The van der Waals surface area contributed by atoms with Crippen molar-refractivity contribution in [3.05, 3.63) is 87.6 Å². The Hall–Kier alpha value is -2.37. The minimum absolute atomic E-state index is 0.00237. The predicted molar refractivity (Wildman–Crippen MR) is 117 cm³/mol. The van der Waals surface area contributed by atoms with Gasteiger partial charge in [-0.1, -0.05) is 66.0 Å². The molecule has 4 rings (SSSR count). The molecule has 2 aromatic carbocycles. The van der Waals surface area contributed by atoms with E-state index < -0.39 is 0 Å². The van der Waals surface area contributed by atoms with Gasteiger partial charge in [0.25, 0.3) is 5.56 Å². The zero-order valence-corrected chi connectivity index (χ0v) is 17.1. The Morgan fingerprint density at radius 1 is 1.18 bits per heavy atom. The smallest absolute Gasteiger partial charge is 0.254 e. The van der Waals surface area contributed by atoms with Crippen molar-refractivity contribution in [2.75, 3.05) is 6.26 Å². The molecule has 0 amide bonds. The van der Waals surface area contributed by atoms with Gasteiger partial charge in [-0.25, -0.2) is 4.98 Å². The van der Waals surface area contributed by atoms with Gasteiger partial charge < -0.3 is 4.98 Å². The first kappa shape index (κ1) is 19.0. The number of H-pyrrole nitrogens is 1. The average molecular weight is 392 g/mol. The maximum Gasteiger partial charge on any atom is 0.254 e. The van der Waals surface area contributed by atoms with Gasteiger partial charge in [0.15, 0.2) is 0 Å². The zero-order chi connectivity index (χ0) is 19.5. The van der Waals surface area contributed by atoms with Crippen LogP contribution in [0.5, 0.6) is 0 Å². The van der Waals surface area contributed by atoms with Gasteiger partial charge in [-0.05, 0) is 49.1 Å². The summed E-state index contributed by atoms with van der Waals surface area (Å²) in [6.45, 7) is 2.12. The summed E-state index contributed by atoms with van der Waals surface area (Å²) in [4.78, 5) is 19.8. The van der Waals surface area contributed by atoms with Crippen LogP contribution in [0.1, 0.15) is 34.7 Å². The molecule has 4 nitrogen and oxygen atoms in total. The lowest BCUT2D eigenvalue weighted by molar-refractivity contribution is 0.435. The van der Waals surface area contributed by atoms with Gasteiger partial charge in [-0.15, -0.1) is 0 Å². The van der Waals surface area contributed by atoms with E-state index in [0.29, 0.717) is 0 Å². The van der Waals surface area contributed by atoms with Crippen molar-refractivity contribution in [1.29, 1.82) is 0 Å². The number of rotatable bonds is 5. The fourth-order valence-corrected chi connectivity index (χ4v) is 4.80. The molecule has 1 aliphatic rings. The van der Waals surface area contributed by atoms with Crippen LogP contribution in [0.25, 0.3) is 11.1 Å². The van der Waals surface area contributed by atoms with Crippen molar-refractivity contribution in [2.24, 2.45) is 0 Å². The van der Waals surface area contributed by atoms with Crippen LogP contribution in [0.2, 0.25) is 0 Å². The molecule has 3 aromatic rings. The monoisotopic (exact) mass is 391 g/mol. The SMILES string of the molecule is CSNC1CCc2nc[nH]c(=O)c2C1Cc1cccc(-c2cccc(C)c2)c1. The lowest BCUT2D eigenvalue weighted by Gasteiger charge is -2.32. The van der Waals surface area contributed by atoms with Crippen molar-refractivity contribution in [3.8, 4) is 11.1 Å². The van der Waals surface area contributed by atoms with Crippen molar-refractivity contribution in [1.82, 2.24) is 14.7 Å². The molecule has 5 heteroatoms. The summed E-state index contributed by atoms with van der Waals surface area (Å²) in [7, 11) is 0. The summed E-state index contributed by atoms with van der Waals surface area (Å²) in [6.07, 6.45) is 6.22. The molecule has 0 aliphatic heterocycles. The van der Waals surface area contributed by atoms with Crippen molar-refractivity contribution >= 4 is 11.9 Å². The molecule has 0 bridgehead atoms. The molecule has 2 unspecified atom stereocenters. The molecule has 1 aliphatic carbocycles. The molecular formula is C23H25N3OS. The molecule has 2 N–H and O–H groups in total. The van der Waals surface area contributed by atoms with Crippen molar-refractivity contribution in [3.63, 3.8) is 0 Å². The first-order valence-electron chi connectivity index (χ1n) is 9.66. The van der Waals surface area contributed by atoms with E-state index in [1.807, 2.05) is 6.26 Å². The second-order valence-corrected chi connectivity index (χ2v) is 8.08. The molecule has 0 spiro atoms. The Bertz CT molecular complexity index is 1030. The van der Waals surface area contributed by atoms with Gasteiger partial charge in [0.2, 0.25) is 0 Å². The number of hydrogen-bond donors (Lipinski definition) is 2. The highest BCUT2D eigenvalue weighted by Gasteiger charge is 2.32. The van der Waals surface area contributed by atoms with E-state index in [1.54, 1.807) is 11.9 Å². The maximum absolute atomic E-state index is 12.6. The van der Waals surface area contributed by atoms with Crippen LogP contribution in [0, 0.1) is 6.92 Å². The summed E-state index contributed by atoms with van der Waals surface area (Å²) in [6, 6.07) is 17.5. The summed E-state index contributed by atoms with van der Waals surface area (Å²) in [5.41, 5.74) is 6.73. The fourth-order valence-electron chi connectivity index (χ4n) is 4.22. The number of benzene rings is 2. The highest BCUT2D eigenvalue weighted by molar-refractivity contribution is 7.96. The summed E-state index contributed by atoms with van der Waals surface area (Å²) in [5, 5.41) is 0. The van der Waals surface area contributed by atoms with Crippen LogP contribution in [0.15, 0.2) is 59.7 Å². The standard InChI is InChI=1S/C23H25N3OS/c1-15-5-3-7-17(11-15)18-8-4-6-16(12-18)13-19-20(26-28-2)9-10-21-22(19)23(27)25-14-24-21/h3-8,11-12,14,19-20,26H,9-10,13H2,1-2H3,(H,24,25,27). The molecule has 0 saturated carbocycles. The molecular weight excluding hydrogens is 366 g/mol. The molecule has 1 aromatic heterocycles. The lowest BCUT2D eigenvalue weighted by Crippen LogP contribution is -2.39. The van der Waals surface area contributed by atoms with Crippen LogP contribution >= 0.6 is 11.9 Å². The molecule has 2 atom stereocenters. The van der Waals surface area contributed by atoms with Gasteiger partial charge in [0.05, 0.1) is 12.0 Å². The first-order valence-corrected chi connectivity index (χ1v) is 10.9. The molecule has 28 heavy (non-hydrogen) atoms. The number of aromatic nitrogens is 2. The number of nitrogens with one attached hydrogen (secondary N) is 2. The number of nitrogens with zero attached hydrogens (tertiary/aromatic N) is 1. The predicted octanol–water partition coefficient (Wildman–Crippen LogP) is 4.25. The van der Waals surface area contributed by atoms with E-state index in [4.69, 9.17) is 0 Å². The van der Waals surface area contributed by atoms with Crippen LogP contribution in [-0.2, 0) is 12.8 Å². The van der Waals surface area contributed by atoms with Gasteiger partial charge in [-0.2, -0.15) is 0 Å². The third-order valence-corrected chi connectivity index (χ3v) is 6.06. The first-order chi connectivity index (χ1) is 13.7. The summed E-state index contributed by atoms with van der Waals surface area (Å²) >= 11 is 1.62. The van der Waals surface area contributed by atoms with E-state index >= 15 is 0 Å². The maximum atomic E-state index is 12.6. The largest absolute Gasteiger partial charge is 0.313 e. The second-order valence-electron chi connectivity index (χ2n) is 7.44. The van der Waals surface area contributed by atoms with Crippen molar-refractivity contribution in [2.45, 2.75) is 38.1 Å². The Balaban J connectivity index is 1.69. The molecule has 0 fully saturated rings. The van der Waals surface area contributed by atoms with Crippen LogP contribution in [0.3, 0.4) is 0 Å². The number of aryl methyl sites for hydroxylation is 2. The van der Waals surface area contributed by atoms with Crippen molar-refractivity contribution < 1.29 is 0 Å². The number of fused-ring (bicyclic) bond motifs is 1. The fraction of sp³-hybridized carbons (Fsp3) is 0.304. The quantitative estimate of drug-likeness (QED) is 0.638. The van der Waals surface area contributed by atoms with Crippen LogP contribution < -0.4 is 10.3 Å². The molecule has 0 radical (unpaired) electrons. The Morgan fingerprint density at radius 3 is 2.75 bits per heavy atom. The lowest BCUT2D eigenvalue weighted by atomic mass is 9.79. The molecule has 0 saturated heterocycles. The zero-order valence-electron chi connectivity index (χ0n) is 16.2. The van der Waals surface area contributed by atoms with E-state index in [1.165, 1.54) is 28.6 Å².